The molecule has 1 amide bonds. The van der Waals surface area contributed by atoms with Crippen LogP contribution in [0.1, 0.15) is 38.5 Å². The van der Waals surface area contributed by atoms with Crippen LogP contribution in [0.2, 0.25) is 0 Å². The lowest BCUT2D eigenvalue weighted by atomic mass is 10.1. The number of hydrogen-bond acceptors (Lipinski definition) is 3. The van der Waals surface area contributed by atoms with Gasteiger partial charge >= 0.3 is 4.87 Å². The molecular weight excluding hydrogens is 236 g/mol. The fourth-order valence-corrected chi connectivity index (χ4v) is 2.84. The summed E-state index contributed by atoms with van der Waals surface area (Å²) in [4.78, 5) is 23.0. The Bertz CT molecular complexity index is 416. The molecule has 0 spiro atoms. The molecule has 2 rings (SSSR count). The van der Waals surface area contributed by atoms with Crippen molar-refractivity contribution in [1.82, 2.24) is 9.88 Å². The Balaban J connectivity index is 1.84. The maximum absolute atomic E-state index is 11.8. The van der Waals surface area contributed by atoms with E-state index >= 15 is 0 Å². The fourth-order valence-electron chi connectivity index (χ4n) is 2.26. The highest BCUT2D eigenvalue weighted by molar-refractivity contribution is 7.07. The van der Waals surface area contributed by atoms with Gasteiger partial charge in [-0.3, -0.25) is 14.2 Å². The molecule has 94 valence electrons. The van der Waals surface area contributed by atoms with E-state index in [1.165, 1.54) is 30.3 Å². The molecule has 0 saturated heterocycles. The van der Waals surface area contributed by atoms with Gasteiger partial charge in [0.1, 0.15) is 6.54 Å². The third kappa shape index (κ3) is 3.70. The lowest BCUT2D eigenvalue weighted by Gasteiger charge is -2.16. The summed E-state index contributed by atoms with van der Waals surface area (Å²) in [6.45, 7) is 0.152. The molecule has 0 atom stereocenters. The Labute approximate surface area is 105 Å². The second-order valence-corrected chi connectivity index (χ2v) is 5.41. The smallest absolute Gasteiger partial charge is 0.307 e. The van der Waals surface area contributed by atoms with Crippen LogP contribution in [0, 0.1) is 0 Å². The van der Waals surface area contributed by atoms with E-state index in [9.17, 15) is 9.59 Å². The molecule has 5 heteroatoms. The minimum absolute atomic E-state index is 0.0441. The van der Waals surface area contributed by atoms with Crippen LogP contribution >= 0.6 is 11.3 Å². The van der Waals surface area contributed by atoms with Crippen LogP contribution in [0.15, 0.2) is 16.4 Å². The topological polar surface area (TPSA) is 51.1 Å². The van der Waals surface area contributed by atoms with E-state index in [4.69, 9.17) is 0 Å². The molecule has 0 aromatic carbocycles. The first-order chi connectivity index (χ1) is 8.25. The van der Waals surface area contributed by atoms with Gasteiger partial charge in [-0.15, -0.1) is 0 Å². The summed E-state index contributed by atoms with van der Waals surface area (Å²) < 4.78 is 1.46. The second kappa shape index (κ2) is 6.00. The predicted octanol–water partition coefficient (Wildman–Crippen LogP) is 1.75. The number of nitrogens with zero attached hydrogens (tertiary/aromatic N) is 1. The summed E-state index contributed by atoms with van der Waals surface area (Å²) >= 11 is 1.12. The molecular formula is C12H18N2O2S. The van der Waals surface area contributed by atoms with Crippen molar-refractivity contribution in [2.75, 3.05) is 0 Å². The normalized spacial score (nSPS) is 17.6. The van der Waals surface area contributed by atoms with E-state index in [-0.39, 0.29) is 17.3 Å². The maximum atomic E-state index is 11.8. The first-order valence-electron chi connectivity index (χ1n) is 6.19. The largest absolute Gasteiger partial charge is 0.352 e. The van der Waals surface area contributed by atoms with Crippen molar-refractivity contribution in [2.24, 2.45) is 0 Å². The Hall–Kier alpha value is -1.10. The fraction of sp³-hybridized carbons (Fsp3) is 0.667. The molecule has 0 aliphatic heterocycles. The molecule has 0 radical (unpaired) electrons. The van der Waals surface area contributed by atoms with E-state index in [2.05, 4.69) is 5.32 Å². The molecule has 1 fully saturated rings. The average Bonchev–Trinajstić information content (AvgIpc) is 2.55. The molecule has 0 bridgehead atoms. The summed E-state index contributed by atoms with van der Waals surface area (Å²) in [6, 6.07) is 0.305. The number of carbonyl (C=O) groups excluding carboxylic acids is 1. The van der Waals surface area contributed by atoms with Crippen molar-refractivity contribution in [1.29, 1.82) is 0 Å². The van der Waals surface area contributed by atoms with Gasteiger partial charge in [0.05, 0.1) is 0 Å². The average molecular weight is 254 g/mol. The van der Waals surface area contributed by atoms with Crippen molar-refractivity contribution in [2.45, 2.75) is 51.1 Å². The summed E-state index contributed by atoms with van der Waals surface area (Å²) in [5, 5.41) is 4.74. The van der Waals surface area contributed by atoms with Crippen molar-refractivity contribution in [3.05, 3.63) is 21.2 Å². The quantitative estimate of drug-likeness (QED) is 0.835. The number of rotatable bonds is 3. The number of carbonyl (C=O) groups is 1. The minimum Gasteiger partial charge on any atom is -0.352 e. The first-order valence-corrected chi connectivity index (χ1v) is 7.07. The minimum atomic E-state index is -0.0685. The highest BCUT2D eigenvalue weighted by Crippen LogP contribution is 2.17. The highest BCUT2D eigenvalue weighted by atomic mass is 32.1. The van der Waals surface area contributed by atoms with E-state index in [0.29, 0.717) is 6.04 Å². The molecule has 1 aromatic heterocycles. The lowest BCUT2D eigenvalue weighted by Crippen LogP contribution is -2.37. The van der Waals surface area contributed by atoms with Crippen molar-refractivity contribution in [3.63, 3.8) is 0 Å². The molecule has 0 unspecified atom stereocenters. The summed E-state index contributed by atoms with van der Waals surface area (Å²) in [7, 11) is 0. The van der Waals surface area contributed by atoms with Gasteiger partial charge in [0.15, 0.2) is 0 Å². The van der Waals surface area contributed by atoms with Crippen LogP contribution < -0.4 is 10.2 Å². The molecule has 1 aliphatic carbocycles. The zero-order valence-corrected chi connectivity index (χ0v) is 10.7. The van der Waals surface area contributed by atoms with Gasteiger partial charge in [0, 0.05) is 17.6 Å². The van der Waals surface area contributed by atoms with Crippen molar-refractivity contribution >= 4 is 17.2 Å². The molecule has 17 heavy (non-hydrogen) atoms. The second-order valence-electron chi connectivity index (χ2n) is 4.55. The zero-order valence-electron chi connectivity index (χ0n) is 9.85. The molecule has 1 saturated carbocycles. The van der Waals surface area contributed by atoms with Crippen LogP contribution in [0.4, 0.5) is 0 Å². The zero-order chi connectivity index (χ0) is 12.1. The van der Waals surface area contributed by atoms with E-state index in [1.807, 2.05) is 0 Å². The molecule has 1 aromatic rings. The van der Waals surface area contributed by atoms with Gasteiger partial charge in [0.25, 0.3) is 0 Å². The van der Waals surface area contributed by atoms with Gasteiger partial charge in [-0.1, -0.05) is 37.0 Å². The summed E-state index contributed by atoms with van der Waals surface area (Å²) in [5.74, 6) is -0.0441. The standard InChI is InChI=1S/C12H18N2O2S/c15-11(9-14-7-8-17-12(14)16)13-10-5-3-1-2-4-6-10/h7-8,10H,1-6,9H2,(H,13,15). The first kappa shape index (κ1) is 12.4. The van der Waals surface area contributed by atoms with Crippen LogP contribution in [0.3, 0.4) is 0 Å². The van der Waals surface area contributed by atoms with Gasteiger partial charge in [-0.2, -0.15) is 0 Å². The Morgan fingerprint density at radius 2 is 2.06 bits per heavy atom. The van der Waals surface area contributed by atoms with Crippen LogP contribution in [0.25, 0.3) is 0 Å². The lowest BCUT2D eigenvalue weighted by molar-refractivity contribution is -0.122. The van der Waals surface area contributed by atoms with Gasteiger partial charge in [-0.25, -0.2) is 0 Å². The third-order valence-electron chi connectivity index (χ3n) is 3.18. The number of hydrogen-bond donors (Lipinski definition) is 1. The van der Waals surface area contributed by atoms with E-state index in [1.54, 1.807) is 11.6 Å². The summed E-state index contributed by atoms with van der Waals surface area (Å²) in [5.41, 5.74) is 0. The molecule has 1 aliphatic rings. The van der Waals surface area contributed by atoms with Gasteiger partial charge in [0.2, 0.25) is 5.91 Å². The van der Waals surface area contributed by atoms with Gasteiger partial charge in [-0.05, 0) is 12.8 Å². The highest BCUT2D eigenvalue weighted by Gasteiger charge is 2.15. The van der Waals surface area contributed by atoms with Crippen LogP contribution in [0.5, 0.6) is 0 Å². The number of amides is 1. The predicted molar refractivity (Wildman–Crippen MR) is 68.2 cm³/mol. The Morgan fingerprint density at radius 3 is 2.65 bits per heavy atom. The van der Waals surface area contributed by atoms with Crippen molar-refractivity contribution in [3.8, 4) is 0 Å². The number of aromatic nitrogens is 1. The Morgan fingerprint density at radius 1 is 1.35 bits per heavy atom. The molecule has 1 N–H and O–H groups in total. The molecule has 4 nitrogen and oxygen atoms in total. The molecule has 1 heterocycles. The van der Waals surface area contributed by atoms with E-state index in [0.717, 1.165) is 24.2 Å². The Kier molecular flexibility index (Phi) is 4.36. The number of thiazole rings is 1. The van der Waals surface area contributed by atoms with Crippen LogP contribution in [-0.4, -0.2) is 16.5 Å². The SMILES string of the molecule is O=C(Cn1ccsc1=O)NC1CCCCCC1. The summed E-state index contributed by atoms with van der Waals surface area (Å²) in [6.07, 6.45) is 8.76. The monoisotopic (exact) mass is 254 g/mol. The van der Waals surface area contributed by atoms with Gasteiger partial charge < -0.3 is 5.32 Å². The van der Waals surface area contributed by atoms with Crippen LogP contribution in [-0.2, 0) is 11.3 Å². The maximum Gasteiger partial charge on any atom is 0.307 e. The van der Waals surface area contributed by atoms with E-state index < -0.39 is 0 Å². The number of nitrogens with one attached hydrogen (secondary N) is 1. The van der Waals surface area contributed by atoms with Crippen molar-refractivity contribution < 1.29 is 4.79 Å². The third-order valence-corrected chi connectivity index (χ3v) is 3.87.